The summed E-state index contributed by atoms with van der Waals surface area (Å²) in [6.07, 6.45) is 4.71. The van der Waals surface area contributed by atoms with Gasteiger partial charge in [-0.2, -0.15) is 0 Å². The Bertz CT molecular complexity index is 747. The van der Waals surface area contributed by atoms with Gasteiger partial charge in [0.25, 0.3) is 0 Å². The summed E-state index contributed by atoms with van der Waals surface area (Å²) in [6, 6.07) is 9.41. The number of likely N-dealkylation sites (tertiary alicyclic amines) is 1. The molecule has 0 saturated carbocycles. The second-order valence-electron chi connectivity index (χ2n) is 8.83. The van der Waals surface area contributed by atoms with Gasteiger partial charge in [0.15, 0.2) is 0 Å². The van der Waals surface area contributed by atoms with E-state index in [-0.39, 0.29) is 23.4 Å². The third kappa shape index (κ3) is 4.76. The van der Waals surface area contributed by atoms with Crippen molar-refractivity contribution >= 4 is 10.0 Å². The number of aliphatic hydroxyl groups is 1. The van der Waals surface area contributed by atoms with Gasteiger partial charge in [0.05, 0.1) is 24.6 Å². The maximum atomic E-state index is 12.8. The van der Waals surface area contributed by atoms with Crippen molar-refractivity contribution in [3.63, 3.8) is 0 Å². The van der Waals surface area contributed by atoms with Crippen LogP contribution in [0, 0.1) is 5.41 Å². The summed E-state index contributed by atoms with van der Waals surface area (Å²) in [5, 5.41) is 9.86. The number of hydrogen-bond donors (Lipinski definition) is 1. The summed E-state index contributed by atoms with van der Waals surface area (Å²) in [5.74, 6) is 0.0806. The molecule has 3 aliphatic rings. The summed E-state index contributed by atoms with van der Waals surface area (Å²) in [6.45, 7) is 4.59. The average Bonchev–Trinajstić information content (AvgIpc) is 3.04. The van der Waals surface area contributed by atoms with Gasteiger partial charge in [0.1, 0.15) is 0 Å². The number of rotatable bonds is 5. The van der Waals surface area contributed by atoms with Gasteiger partial charge in [-0.1, -0.05) is 30.3 Å². The van der Waals surface area contributed by atoms with Crippen molar-refractivity contribution in [2.75, 3.05) is 39.3 Å². The Kier molecular flexibility index (Phi) is 6.09. The Morgan fingerprint density at radius 2 is 1.89 bits per heavy atom. The van der Waals surface area contributed by atoms with Crippen molar-refractivity contribution in [1.82, 2.24) is 9.21 Å². The monoisotopic (exact) mass is 408 g/mol. The van der Waals surface area contributed by atoms with Gasteiger partial charge in [0.2, 0.25) is 10.0 Å². The van der Waals surface area contributed by atoms with Crippen LogP contribution >= 0.6 is 0 Å². The molecule has 3 fully saturated rings. The van der Waals surface area contributed by atoms with Crippen molar-refractivity contribution in [1.29, 1.82) is 0 Å². The number of β-amino-alcohol motifs (C(OH)–C–C–N with tert-alkyl or cyclic N) is 1. The van der Waals surface area contributed by atoms with Gasteiger partial charge >= 0.3 is 0 Å². The largest absolute Gasteiger partial charge is 0.392 e. The van der Waals surface area contributed by atoms with Crippen LogP contribution in [0.1, 0.15) is 37.7 Å². The highest BCUT2D eigenvalue weighted by Gasteiger charge is 2.44. The van der Waals surface area contributed by atoms with Crippen molar-refractivity contribution in [2.24, 2.45) is 5.41 Å². The van der Waals surface area contributed by atoms with Crippen LogP contribution in [-0.2, 0) is 20.5 Å². The van der Waals surface area contributed by atoms with E-state index in [0.717, 1.165) is 63.9 Å². The molecular formula is C21H32N2O4S. The maximum Gasteiger partial charge on any atom is 0.218 e. The predicted molar refractivity (Wildman–Crippen MR) is 108 cm³/mol. The average molecular weight is 409 g/mol. The maximum absolute atomic E-state index is 12.8. The van der Waals surface area contributed by atoms with Crippen LogP contribution in [0.4, 0.5) is 0 Å². The van der Waals surface area contributed by atoms with Crippen LogP contribution in [0.3, 0.4) is 0 Å². The van der Waals surface area contributed by atoms with E-state index in [1.807, 2.05) is 30.3 Å². The third-order valence-electron chi connectivity index (χ3n) is 6.60. The fraction of sp³-hybridized carbons (Fsp3) is 0.714. The molecule has 0 aliphatic carbocycles. The molecule has 3 heterocycles. The summed E-state index contributed by atoms with van der Waals surface area (Å²) in [7, 11) is -3.27. The zero-order valence-electron chi connectivity index (χ0n) is 16.5. The molecule has 2 atom stereocenters. The van der Waals surface area contributed by atoms with E-state index >= 15 is 0 Å². The van der Waals surface area contributed by atoms with E-state index in [0.29, 0.717) is 13.1 Å². The van der Waals surface area contributed by atoms with Gasteiger partial charge in [-0.05, 0) is 49.6 Å². The zero-order valence-corrected chi connectivity index (χ0v) is 17.3. The van der Waals surface area contributed by atoms with Crippen LogP contribution in [0.5, 0.6) is 0 Å². The predicted octanol–water partition coefficient (Wildman–Crippen LogP) is 1.84. The quantitative estimate of drug-likeness (QED) is 0.805. The first-order valence-electron chi connectivity index (χ1n) is 10.5. The lowest BCUT2D eigenvalue weighted by molar-refractivity contribution is 0.0242. The van der Waals surface area contributed by atoms with E-state index in [1.54, 1.807) is 4.31 Å². The SMILES string of the molecule is O=S(=O)(Cc1ccccc1)N1CCC2(CC1)CO[C@@H](CN1CCC[C@@H](O)C1)C2. The molecule has 1 N–H and O–H groups in total. The van der Waals surface area contributed by atoms with Gasteiger partial charge in [0, 0.05) is 26.2 Å². The fourth-order valence-electron chi connectivity index (χ4n) is 4.96. The first-order chi connectivity index (χ1) is 13.4. The Balaban J connectivity index is 1.29. The van der Waals surface area contributed by atoms with Crippen molar-refractivity contribution < 1.29 is 18.3 Å². The topological polar surface area (TPSA) is 70.1 Å². The molecule has 0 amide bonds. The van der Waals surface area contributed by atoms with Crippen LogP contribution in [0.2, 0.25) is 0 Å². The highest BCUT2D eigenvalue weighted by Crippen LogP contribution is 2.42. The minimum absolute atomic E-state index is 0.0806. The summed E-state index contributed by atoms with van der Waals surface area (Å²) >= 11 is 0. The molecule has 4 rings (SSSR count). The molecule has 0 bridgehead atoms. The number of aliphatic hydroxyl groups excluding tert-OH is 1. The number of piperidine rings is 2. The Morgan fingerprint density at radius 1 is 1.14 bits per heavy atom. The van der Waals surface area contributed by atoms with E-state index in [1.165, 1.54) is 0 Å². The minimum atomic E-state index is -3.27. The highest BCUT2D eigenvalue weighted by molar-refractivity contribution is 7.88. The van der Waals surface area contributed by atoms with E-state index in [4.69, 9.17) is 4.74 Å². The third-order valence-corrected chi connectivity index (χ3v) is 8.45. The van der Waals surface area contributed by atoms with Gasteiger partial charge in [-0.15, -0.1) is 0 Å². The first-order valence-corrected chi connectivity index (χ1v) is 12.1. The molecule has 6 nitrogen and oxygen atoms in total. The zero-order chi connectivity index (χ0) is 19.6. The minimum Gasteiger partial charge on any atom is -0.392 e. The van der Waals surface area contributed by atoms with Crippen molar-refractivity contribution in [3.8, 4) is 0 Å². The normalized spacial score (nSPS) is 29.3. The number of nitrogens with zero attached hydrogens (tertiary/aromatic N) is 2. The number of hydrogen-bond acceptors (Lipinski definition) is 5. The van der Waals surface area contributed by atoms with Crippen LogP contribution < -0.4 is 0 Å². The molecule has 0 unspecified atom stereocenters. The molecule has 1 aromatic rings. The molecular weight excluding hydrogens is 376 g/mol. The smallest absolute Gasteiger partial charge is 0.218 e. The van der Waals surface area contributed by atoms with Gasteiger partial charge in [-0.25, -0.2) is 12.7 Å². The van der Waals surface area contributed by atoms with E-state index in [2.05, 4.69) is 4.90 Å². The highest BCUT2D eigenvalue weighted by atomic mass is 32.2. The molecule has 0 radical (unpaired) electrons. The Morgan fingerprint density at radius 3 is 2.61 bits per heavy atom. The summed E-state index contributed by atoms with van der Waals surface area (Å²) in [4.78, 5) is 2.32. The van der Waals surface area contributed by atoms with Crippen LogP contribution in [0.25, 0.3) is 0 Å². The lowest BCUT2D eigenvalue weighted by atomic mass is 9.77. The van der Waals surface area contributed by atoms with Crippen LogP contribution in [0.15, 0.2) is 30.3 Å². The summed E-state index contributed by atoms with van der Waals surface area (Å²) in [5.41, 5.74) is 0.966. The molecule has 3 saturated heterocycles. The lowest BCUT2D eigenvalue weighted by Gasteiger charge is -2.38. The van der Waals surface area contributed by atoms with E-state index < -0.39 is 10.0 Å². The van der Waals surface area contributed by atoms with Crippen molar-refractivity contribution in [2.45, 2.75) is 50.1 Å². The first kappa shape index (κ1) is 20.3. The standard InChI is InChI=1S/C21H32N2O4S/c24-19-7-4-10-22(14-19)15-20-13-21(17-27-20)8-11-23(12-9-21)28(25,26)16-18-5-2-1-3-6-18/h1-3,5-6,19-20,24H,4,7-17H2/t19-,20-/m1/s1. The fourth-order valence-corrected chi connectivity index (χ4v) is 6.50. The molecule has 156 valence electrons. The molecule has 7 heteroatoms. The lowest BCUT2D eigenvalue weighted by Crippen LogP contribution is -2.44. The van der Waals surface area contributed by atoms with Gasteiger partial charge < -0.3 is 9.84 Å². The van der Waals surface area contributed by atoms with Crippen LogP contribution in [-0.4, -0.2) is 74.3 Å². The Hall–Kier alpha value is -0.990. The second kappa shape index (κ2) is 8.40. The molecule has 1 spiro atoms. The Labute approximate surface area is 168 Å². The van der Waals surface area contributed by atoms with Gasteiger partial charge in [-0.3, -0.25) is 4.90 Å². The number of ether oxygens (including phenoxy) is 1. The van der Waals surface area contributed by atoms with Crippen molar-refractivity contribution in [3.05, 3.63) is 35.9 Å². The summed E-state index contributed by atoms with van der Waals surface area (Å²) < 4.78 is 33.3. The second-order valence-corrected chi connectivity index (χ2v) is 10.8. The number of sulfonamides is 1. The molecule has 1 aromatic carbocycles. The molecule has 0 aromatic heterocycles. The molecule has 28 heavy (non-hydrogen) atoms. The number of benzene rings is 1. The molecule has 3 aliphatic heterocycles. The van der Waals surface area contributed by atoms with E-state index in [9.17, 15) is 13.5 Å².